The highest BCUT2D eigenvalue weighted by Gasteiger charge is 2.39. The minimum Gasteiger partial charge on any atom is -0.493 e. The minimum absolute atomic E-state index is 0.0897. The Labute approximate surface area is 199 Å². The zero-order chi connectivity index (χ0) is 23.1. The number of halogens is 1. The average Bonchev–Trinajstić information content (AvgIpc) is 2.84. The molecule has 0 bridgehead atoms. The second kappa shape index (κ2) is 11.0. The predicted octanol–water partition coefficient (Wildman–Crippen LogP) is 3.21. The number of rotatable bonds is 7. The Hall–Kier alpha value is -2.64. The van der Waals surface area contributed by atoms with Gasteiger partial charge >= 0.3 is 0 Å². The topological polar surface area (TPSA) is 72.0 Å². The number of ether oxygens (including phenoxy) is 2. The van der Waals surface area contributed by atoms with Gasteiger partial charge in [0.2, 0.25) is 11.8 Å². The highest BCUT2D eigenvalue weighted by Crippen LogP contribution is 2.37. The van der Waals surface area contributed by atoms with Crippen molar-refractivity contribution in [2.45, 2.75) is 25.7 Å². The van der Waals surface area contributed by atoms with Crippen LogP contribution in [0.3, 0.4) is 0 Å². The maximum absolute atomic E-state index is 13.1. The van der Waals surface area contributed by atoms with Gasteiger partial charge in [-0.3, -0.25) is 14.6 Å². The van der Waals surface area contributed by atoms with Crippen LogP contribution in [0.25, 0.3) is 0 Å². The molecule has 8 heteroatoms. The number of hydrogen-bond acceptors (Lipinski definition) is 5. The van der Waals surface area contributed by atoms with E-state index in [0.29, 0.717) is 82.5 Å². The Bertz CT molecular complexity index is 942. The van der Waals surface area contributed by atoms with Crippen molar-refractivity contribution in [1.82, 2.24) is 14.8 Å². The van der Waals surface area contributed by atoms with E-state index in [0.717, 1.165) is 5.56 Å². The molecule has 2 aliphatic rings. The maximum Gasteiger partial charge on any atom is 0.227 e. The van der Waals surface area contributed by atoms with Crippen LogP contribution >= 0.6 is 11.6 Å². The molecule has 2 aliphatic heterocycles. The summed E-state index contributed by atoms with van der Waals surface area (Å²) >= 11 is 6.11. The van der Waals surface area contributed by atoms with E-state index in [1.54, 1.807) is 24.5 Å². The van der Waals surface area contributed by atoms with Crippen LogP contribution in [0.15, 0.2) is 48.8 Å². The van der Waals surface area contributed by atoms with E-state index in [9.17, 15) is 9.59 Å². The summed E-state index contributed by atoms with van der Waals surface area (Å²) < 4.78 is 11.5. The van der Waals surface area contributed by atoms with Gasteiger partial charge in [-0.05, 0) is 42.7 Å². The number of amides is 2. The van der Waals surface area contributed by atoms with E-state index in [1.807, 2.05) is 34.1 Å². The number of nitrogens with zero attached hydrogens (tertiary/aromatic N) is 3. The molecule has 0 atom stereocenters. The number of carbonyl (C=O) groups is 2. The molecule has 3 heterocycles. The number of morpholine rings is 1. The maximum atomic E-state index is 13.1. The summed E-state index contributed by atoms with van der Waals surface area (Å²) in [7, 11) is 0. The molecular formula is C25H30ClN3O4. The zero-order valence-corrected chi connectivity index (χ0v) is 19.5. The lowest BCUT2D eigenvalue weighted by molar-refractivity contribution is -0.140. The van der Waals surface area contributed by atoms with Gasteiger partial charge in [-0.2, -0.15) is 0 Å². The second-order valence-electron chi connectivity index (χ2n) is 8.83. The summed E-state index contributed by atoms with van der Waals surface area (Å²) in [6.45, 7) is 4.03. The predicted molar refractivity (Wildman–Crippen MR) is 125 cm³/mol. The van der Waals surface area contributed by atoms with Crippen LogP contribution in [0.2, 0.25) is 5.02 Å². The van der Waals surface area contributed by atoms with Gasteiger partial charge in [0.05, 0.1) is 26.2 Å². The van der Waals surface area contributed by atoms with Crippen molar-refractivity contribution in [3.8, 4) is 5.75 Å². The standard InChI is InChI=1S/C25H30ClN3O4/c26-21-4-1-5-22(16-21)33-19-25(17-24(31)29-11-13-32-14-12-29)6-9-28(10-7-25)23(30)15-20-3-2-8-27-18-20/h1-5,8,16,18H,6-7,9-15,17,19H2. The molecule has 0 radical (unpaired) electrons. The molecule has 0 N–H and O–H groups in total. The number of aromatic nitrogens is 1. The molecule has 0 aliphatic carbocycles. The summed E-state index contributed by atoms with van der Waals surface area (Å²) in [5.41, 5.74) is 0.578. The van der Waals surface area contributed by atoms with Gasteiger partial charge in [-0.25, -0.2) is 0 Å². The highest BCUT2D eigenvalue weighted by molar-refractivity contribution is 6.30. The van der Waals surface area contributed by atoms with Crippen LogP contribution < -0.4 is 4.74 Å². The van der Waals surface area contributed by atoms with Crippen molar-refractivity contribution in [1.29, 1.82) is 0 Å². The van der Waals surface area contributed by atoms with Crippen molar-refractivity contribution in [2.75, 3.05) is 46.0 Å². The molecule has 0 spiro atoms. The molecule has 176 valence electrons. The Balaban J connectivity index is 1.41. The van der Waals surface area contributed by atoms with Crippen molar-refractivity contribution in [2.24, 2.45) is 5.41 Å². The molecular weight excluding hydrogens is 442 g/mol. The van der Waals surface area contributed by atoms with Gasteiger partial charge in [0.25, 0.3) is 0 Å². The Morgan fingerprint density at radius 3 is 2.48 bits per heavy atom. The van der Waals surface area contributed by atoms with E-state index in [-0.39, 0.29) is 17.2 Å². The van der Waals surface area contributed by atoms with Crippen molar-refractivity contribution < 1.29 is 19.1 Å². The molecule has 33 heavy (non-hydrogen) atoms. The smallest absolute Gasteiger partial charge is 0.227 e. The normalized spacial score (nSPS) is 18.1. The first-order chi connectivity index (χ1) is 16.0. The van der Waals surface area contributed by atoms with Crippen LogP contribution in [0, 0.1) is 5.41 Å². The lowest BCUT2D eigenvalue weighted by atomic mass is 9.75. The van der Waals surface area contributed by atoms with Crippen molar-refractivity contribution in [3.05, 3.63) is 59.4 Å². The number of likely N-dealkylation sites (tertiary alicyclic amines) is 1. The SMILES string of the molecule is O=C(Cc1cccnc1)N1CCC(COc2cccc(Cl)c2)(CC(=O)N2CCOCC2)CC1. The van der Waals surface area contributed by atoms with Crippen LogP contribution in [0.5, 0.6) is 5.75 Å². The summed E-state index contributed by atoms with van der Waals surface area (Å²) in [6.07, 6.45) is 5.59. The van der Waals surface area contributed by atoms with Crippen molar-refractivity contribution in [3.63, 3.8) is 0 Å². The van der Waals surface area contributed by atoms with E-state index in [4.69, 9.17) is 21.1 Å². The van der Waals surface area contributed by atoms with Gasteiger partial charge in [0.15, 0.2) is 0 Å². The number of pyridine rings is 1. The fourth-order valence-electron chi connectivity index (χ4n) is 4.43. The first kappa shape index (κ1) is 23.5. The Kier molecular flexibility index (Phi) is 7.83. The van der Waals surface area contributed by atoms with Crippen LogP contribution in [-0.4, -0.2) is 72.6 Å². The van der Waals surface area contributed by atoms with E-state index in [1.165, 1.54) is 0 Å². The largest absolute Gasteiger partial charge is 0.493 e. The lowest BCUT2D eigenvalue weighted by Crippen LogP contribution is -2.49. The summed E-state index contributed by atoms with van der Waals surface area (Å²) in [5, 5.41) is 0.613. The summed E-state index contributed by atoms with van der Waals surface area (Å²) in [6, 6.07) is 11.1. The summed E-state index contributed by atoms with van der Waals surface area (Å²) in [5.74, 6) is 0.908. The second-order valence-corrected chi connectivity index (χ2v) is 9.27. The Morgan fingerprint density at radius 2 is 1.79 bits per heavy atom. The molecule has 1 aromatic carbocycles. The molecule has 1 aromatic heterocycles. The Morgan fingerprint density at radius 1 is 1.03 bits per heavy atom. The van der Waals surface area contributed by atoms with Gasteiger partial charge in [0.1, 0.15) is 5.75 Å². The molecule has 2 aromatic rings. The lowest BCUT2D eigenvalue weighted by Gasteiger charge is -2.42. The van der Waals surface area contributed by atoms with Crippen LogP contribution in [0.1, 0.15) is 24.8 Å². The first-order valence-electron chi connectivity index (χ1n) is 11.4. The van der Waals surface area contributed by atoms with Crippen LogP contribution in [0.4, 0.5) is 0 Å². The zero-order valence-electron chi connectivity index (χ0n) is 18.7. The molecule has 0 unspecified atom stereocenters. The number of hydrogen-bond donors (Lipinski definition) is 0. The van der Waals surface area contributed by atoms with E-state index in [2.05, 4.69) is 4.98 Å². The van der Waals surface area contributed by atoms with Crippen LogP contribution in [-0.2, 0) is 20.7 Å². The van der Waals surface area contributed by atoms with Gasteiger partial charge in [-0.15, -0.1) is 0 Å². The minimum atomic E-state index is -0.331. The molecule has 7 nitrogen and oxygen atoms in total. The number of benzene rings is 1. The van der Waals surface area contributed by atoms with Gasteiger partial charge in [0, 0.05) is 55.4 Å². The molecule has 2 fully saturated rings. The van der Waals surface area contributed by atoms with Gasteiger partial charge < -0.3 is 19.3 Å². The third-order valence-corrected chi connectivity index (χ3v) is 6.72. The molecule has 2 amide bonds. The van der Waals surface area contributed by atoms with Crippen molar-refractivity contribution >= 4 is 23.4 Å². The number of piperidine rings is 1. The van der Waals surface area contributed by atoms with Gasteiger partial charge in [-0.1, -0.05) is 23.7 Å². The van der Waals surface area contributed by atoms with E-state index < -0.39 is 0 Å². The fraction of sp³-hybridized carbons (Fsp3) is 0.480. The highest BCUT2D eigenvalue weighted by atomic mass is 35.5. The summed E-state index contributed by atoms with van der Waals surface area (Å²) in [4.78, 5) is 33.8. The third-order valence-electron chi connectivity index (χ3n) is 6.49. The third kappa shape index (κ3) is 6.45. The first-order valence-corrected chi connectivity index (χ1v) is 11.8. The number of carbonyl (C=O) groups excluding carboxylic acids is 2. The fourth-order valence-corrected chi connectivity index (χ4v) is 4.61. The average molecular weight is 472 g/mol. The monoisotopic (exact) mass is 471 g/mol. The molecule has 4 rings (SSSR count). The quantitative estimate of drug-likeness (QED) is 0.620. The molecule has 2 saturated heterocycles. The molecule has 0 saturated carbocycles. The van der Waals surface area contributed by atoms with E-state index >= 15 is 0 Å².